The van der Waals surface area contributed by atoms with E-state index in [1.807, 2.05) is 6.92 Å². The van der Waals surface area contributed by atoms with E-state index in [2.05, 4.69) is 20.8 Å². The van der Waals surface area contributed by atoms with Crippen molar-refractivity contribution in [2.75, 3.05) is 0 Å². The van der Waals surface area contributed by atoms with E-state index in [0.29, 0.717) is 10.8 Å². The van der Waals surface area contributed by atoms with Crippen LogP contribution in [0.4, 0.5) is 0 Å². The van der Waals surface area contributed by atoms with Crippen LogP contribution in [0.3, 0.4) is 0 Å². The summed E-state index contributed by atoms with van der Waals surface area (Å²) in [6.07, 6.45) is 1.09. The van der Waals surface area contributed by atoms with Crippen LogP contribution in [-0.4, -0.2) is 5.38 Å². The Hall–Kier alpha value is 0.290. The Morgan fingerprint density at radius 2 is 1.75 bits per heavy atom. The number of alkyl halides is 1. The zero-order valence-electron chi connectivity index (χ0n) is 6.16. The summed E-state index contributed by atoms with van der Waals surface area (Å²) in [5.74, 6) is 0. The summed E-state index contributed by atoms with van der Waals surface area (Å²) in [4.78, 5) is 0. The minimum atomic E-state index is 0.315. The van der Waals surface area contributed by atoms with Crippen molar-refractivity contribution in [3.8, 4) is 0 Å². The Kier molecular flexibility index (Phi) is 2.82. The Labute approximate surface area is 57.2 Å². The topological polar surface area (TPSA) is 0 Å². The molecule has 0 aromatic rings. The summed E-state index contributed by atoms with van der Waals surface area (Å²) in [7, 11) is 0. The van der Waals surface area contributed by atoms with Crippen molar-refractivity contribution in [3.05, 3.63) is 0 Å². The average molecular weight is 135 g/mol. The van der Waals surface area contributed by atoms with Crippen molar-refractivity contribution < 1.29 is 0 Å². The molecule has 50 valence electrons. The SMILES string of the molecule is CC(Cl)CC(C)(C)C. The maximum Gasteiger partial charge on any atom is 0.0312 e. The fourth-order valence-corrected chi connectivity index (χ4v) is 1.31. The van der Waals surface area contributed by atoms with Crippen LogP contribution >= 0.6 is 11.6 Å². The summed E-state index contributed by atoms with van der Waals surface area (Å²) in [5, 5.41) is 0.315. The highest BCUT2D eigenvalue weighted by Gasteiger charge is 2.12. The number of hydrogen-bond donors (Lipinski definition) is 0. The molecule has 1 atom stereocenters. The molecule has 0 aromatic carbocycles. The first-order valence-corrected chi connectivity index (χ1v) is 3.49. The molecule has 0 amide bonds. The molecule has 0 radical (unpaired) electrons. The third-order valence-corrected chi connectivity index (χ3v) is 1.05. The summed E-state index contributed by atoms with van der Waals surface area (Å²) in [6.45, 7) is 8.64. The van der Waals surface area contributed by atoms with E-state index < -0.39 is 0 Å². The summed E-state index contributed by atoms with van der Waals surface area (Å²) < 4.78 is 0. The normalized spacial score (nSPS) is 16.1. The lowest BCUT2D eigenvalue weighted by Crippen LogP contribution is -2.10. The molecule has 0 saturated carbocycles. The maximum absolute atomic E-state index is 5.76. The molecule has 0 bridgehead atoms. The molecule has 8 heavy (non-hydrogen) atoms. The molecule has 1 heteroatoms. The summed E-state index contributed by atoms with van der Waals surface area (Å²) in [5.41, 5.74) is 0.390. The zero-order chi connectivity index (χ0) is 6.78. The molecule has 0 nitrogen and oxygen atoms in total. The van der Waals surface area contributed by atoms with Crippen molar-refractivity contribution >= 4 is 11.6 Å². The molecule has 0 aromatic heterocycles. The predicted octanol–water partition coefficient (Wildman–Crippen LogP) is 3.05. The first-order valence-electron chi connectivity index (χ1n) is 3.06. The molecule has 0 saturated heterocycles. The summed E-state index contributed by atoms with van der Waals surface area (Å²) >= 11 is 5.76. The van der Waals surface area contributed by atoms with Crippen LogP contribution in [0.25, 0.3) is 0 Å². The van der Waals surface area contributed by atoms with Crippen molar-refractivity contribution in [1.29, 1.82) is 0 Å². The van der Waals surface area contributed by atoms with Gasteiger partial charge in [-0.1, -0.05) is 20.8 Å². The fraction of sp³-hybridized carbons (Fsp3) is 1.00. The van der Waals surface area contributed by atoms with E-state index in [1.54, 1.807) is 0 Å². The first kappa shape index (κ1) is 8.29. The van der Waals surface area contributed by atoms with Gasteiger partial charge in [0.1, 0.15) is 0 Å². The molecule has 0 rings (SSSR count). The van der Waals surface area contributed by atoms with Crippen LogP contribution in [-0.2, 0) is 0 Å². The van der Waals surface area contributed by atoms with E-state index in [-0.39, 0.29) is 0 Å². The molecular weight excluding hydrogens is 120 g/mol. The summed E-state index contributed by atoms with van der Waals surface area (Å²) in [6, 6.07) is 0. The highest BCUT2D eigenvalue weighted by atomic mass is 35.5. The van der Waals surface area contributed by atoms with Gasteiger partial charge in [-0.3, -0.25) is 0 Å². The van der Waals surface area contributed by atoms with Gasteiger partial charge in [0.2, 0.25) is 0 Å². The second-order valence-corrected chi connectivity index (χ2v) is 4.29. The van der Waals surface area contributed by atoms with E-state index in [0.717, 1.165) is 6.42 Å². The Morgan fingerprint density at radius 3 is 1.75 bits per heavy atom. The number of rotatable bonds is 1. The van der Waals surface area contributed by atoms with E-state index in [1.165, 1.54) is 0 Å². The van der Waals surface area contributed by atoms with Gasteiger partial charge in [-0.05, 0) is 18.8 Å². The van der Waals surface area contributed by atoms with Gasteiger partial charge in [0.15, 0.2) is 0 Å². The second kappa shape index (κ2) is 2.72. The number of halogens is 1. The highest BCUT2D eigenvalue weighted by Crippen LogP contribution is 2.22. The molecule has 0 fully saturated rings. The minimum Gasteiger partial charge on any atom is -0.123 e. The van der Waals surface area contributed by atoms with E-state index >= 15 is 0 Å². The Morgan fingerprint density at radius 1 is 1.38 bits per heavy atom. The van der Waals surface area contributed by atoms with Gasteiger partial charge in [-0.25, -0.2) is 0 Å². The quantitative estimate of drug-likeness (QED) is 0.484. The second-order valence-electron chi connectivity index (χ2n) is 3.55. The van der Waals surface area contributed by atoms with Crippen LogP contribution < -0.4 is 0 Å². The monoisotopic (exact) mass is 134 g/mol. The van der Waals surface area contributed by atoms with Crippen molar-refractivity contribution in [2.24, 2.45) is 5.41 Å². The van der Waals surface area contributed by atoms with Gasteiger partial charge in [-0.15, -0.1) is 11.6 Å². The van der Waals surface area contributed by atoms with Gasteiger partial charge in [0.05, 0.1) is 0 Å². The lowest BCUT2D eigenvalue weighted by atomic mass is 9.91. The van der Waals surface area contributed by atoms with Crippen molar-refractivity contribution in [2.45, 2.75) is 39.5 Å². The van der Waals surface area contributed by atoms with E-state index in [9.17, 15) is 0 Å². The Bertz CT molecular complexity index is 59.3. The van der Waals surface area contributed by atoms with Crippen molar-refractivity contribution in [1.82, 2.24) is 0 Å². The van der Waals surface area contributed by atoms with Gasteiger partial charge in [0.25, 0.3) is 0 Å². The smallest absolute Gasteiger partial charge is 0.0312 e. The van der Waals surface area contributed by atoms with Crippen LogP contribution in [0.15, 0.2) is 0 Å². The van der Waals surface area contributed by atoms with Crippen LogP contribution in [0.5, 0.6) is 0 Å². The molecule has 0 heterocycles. The third-order valence-electron chi connectivity index (χ3n) is 0.894. The standard InChI is InChI=1S/C7H15Cl/c1-6(8)5-7(2,3)4/h6H,5H2,1-4H3. The third kappa shape index (κ3) is 6.29. The minimum absolute atomic E-state index is 0.315. The van der Waals surface area contributed by atoms with Gasteiger partial charge >= 0.3 is 0 Å². The Balaban J connectivity index is 3.39. The first-order chi connectivity index (χ1) is 3.42. The van der Waals surface area contributed by atoms with Crippen LogP contribution in [0, 0.1) is 5.41 Å². The molecule has 1 unspecified atom stereocenters. The largest absolute Gasteiger partial charge is 0.123 e. The predicted molar refractivity (Wildman–Crippen MR) is 39.4 cm³/mol. The molecule has 0 aliphatic carbocycles. The van der Waals surface area contributed by atoms with Crippen LogP contribution in [0.2, 0.25) is 0 Å². The lowest BCUT2D eigenvalue weighted by molar-refractivity contribution is 0.376. The molecule has 0 aliphatic rings. The lowest BCUT2D eigenvalue weighted by Gasteiger charge is -2.18. The van der Waals surface area contributed by atoms with Crippen molar-refractivity contribution in [3.63, 3.8) is 0 Å². The van der Waals surface area contributed by atoms with Gasteiger partial charge < -0.3 is 0 Å². The molecular formula is C7H15Cl. The van der Waals surface area contributed by atoms with Gasteiger partial charge in [0, 0.05) is 5.38 Å². The molecule has 0 aliphatic heterocycles. The van der Waals surface area contributed by atoms with Gasteiger partial charge in [-0.2, -0.15) is 0 Å². The van der Waals surface area contributed by atoms with E-state index in [4.69, 9.17) is 11.6 Å². The highest BCUT2D eigenvalue weighted by molar-refractivity contribution is 6.20. The molecule has 0 spiro atoms. The van der Waals surface area contributed by atoms with Crippen LogP contribution in [0.1, 0.15) is 34.1 Å². The molecule has 0 N–H and O–H groups in total. The average Bonchev–Trinajstić information content (AvgIpc) is 1.21. The zero-order valence-corrected chi connectivity index (χ0v) is 6.92. The maximum atomic E-state index is 5.76. The number of hydrogen-bond acceptors (Lipinski definition) is 0. The fourth-order valence-electron chi connectivity index (χ4n) is 0.844.